The Hall–Kier alpha value is -2.43. The van der Waals surface area contributed by atoms with Crippen molar-refractivity contribution in [1.29, 1.82) is 0 Å². The van der Waals surface area contributed by atoms with E-state index in [0.717, 1.165) is 5.56 Å². The second kappa shape index (κ2) is 6.14. The van der Waals surface area contributed by atoms with Crippen LogP contribution in [0.4, 0.5) is 0 Å². The Bertz CT molecular complexity index is 617. The van der Waals surface area contributed by atoms with Crippen LogP contribution in [0.1, 0.15) is 33.5 Å². The molecule has 5 nitrogen and oxygen atoms in total. The van der Waals surface area contributed by atoms with E-state index in [2.05, 4.69) is 4.98 Å². The predicted molar refractivity (Wildman–Crippen MR) is 73.7 cm³/mol. The summed E-state index contributed by atoms with van der Waals surface area (Å²) in [4.78, 5) is 28.2. The molecular weight excluding hydrogens is 256 g/mol. The van der Waals surface area contributed by atoms with E-state index in [9.17, 15) is 9.59 Å². The fraction of sp³-hybridized carbons (Fsp3) is 0.267. The minimum atomic E-state index is -0.524. The third kappa shape index (κ3) is 2.93. The number of nitrogens with zero attached hydrogens (tertiary/aromatic N) is 2. The molecular formula is C15H16N2O3. The molecule has 0 amide bonds. The first kappa shape index (κ1) is 14.0. The van der Waals surface area contributed by atoms with E-state index in [-0.39, 0.29) is 24.6 Å². The lowest BCUT2D eigenvalue weighted by atomic mass is 10.1. The molecule has 0 saturated heterocycles. The van der Waals surface area contributed by atoms with Gasteiger partial charge in [0.2, 0.25) is 5.91 Å². The lowest BCUT2D eigenvalue weighted by Crippen LogP contribution is -2.20. The minimum Gasteiger partial charge on any atom is -0.461 e. The molecule has 0 atom stereocenters. The Morgan fingerprint density at radius 3 is 2.60 bits per heavy atom. The molecule has 0 radical (unpaired) electrons. The van der Waals surface area contributed by atoms with Gasteiger partial charge in [-0.05, 0) is 19.4 Å². The van der Waals surface area contributed by atoms with Crippen molar-refractivity contribution in [3.8, 4) is 0 Å². The summed E-state index contributed by atoms with van der Waals surface area (Å²) in [6.07, 6.45) is 1.58. The van der Waals surface area contributed by atoms with Crippen LogP contribution in [0.5, 0.6) is 0 Å². The van der Waals surface area contributed by atoms with E-state index < -0.39 is 5.97 Å². The molecule has 1 heterocycles. The normalized spacial score (nSPS) is 10.3. The number of carbonyl (C=O) groups excluding carboxylic acids is 2. The SMILES string of the molecule is CCOC(=O)c1c(C)ncn1C(=O)Cc1ccccc1. The number of aryl methyl sites for hydroxylation is 1. The van der Waals surface area contributed by atoms with Crippen LogP contribution in [0.3, 0.4) is 0 Å². The summed E-state index contributed by atoms with van der Waals surface area (Å²) in [6.45, 7) is 3.66. The van der Waals surface area contributed by atoms with Gasteiger partial charge in [0.05, 0.1) is 18.7 Å². The zero-order valence-corrected chi connectivity index (χ0v) is 11.5. The van der Waals surface area contributed by atoms with Gasteiger partial charge in [0.25, 0.3) is 0 Å². The number of hydrogen-bond acceptors (Lipinski definition) is 4. The fourth-order valence-electron chi connectivity index (χ4n) is 1.93. The van der Waals surface area contributed by atoms with Gasteiger partial charge in [0, 0.05) is 0 Å². The van der Waals surface area contributed by atoms with Gasteiger partial charge < -0.3 is 4.74 Å². The first-order chi connectivity index (χ1) is 9.63. The third-order valence-corrected chi connectivity index (χ3v) is 2.89. The van der Waals surface area contributed by atoms with Crippen molar-refractivity contribution in [1.82, 2.24) is 9.55 Å². The number of rotatable bonds is 4. The van der Waals surface area contributed by atoms with Crippen molar-refractivity contribution in [2.24, 2.45) is 0 Å². The van der Waals surface area contributed by atoms with E-state index in [4.69, 9.17) is 4.74 Å². The van der Waals surface area contributed by atoms with Crippen LogP contribution in [0.15, 0.2) is 36.7 Å². The van der Waals surface area contributed by atoms with Gasteiger partial charge in [-0.2, -0.15) is 0 Å². The predicted octanol–water partition coefficient (Wildman–Crippen LogP) is 2.25. The summed E-state index contributed by atoms with van der Waals surface area (Å²) in [7, 11) is 0. The summed E-state index contributed by atoms with van der Waals surface area (Å²) in [5, 5.41) is 0. The average Bonchev–Trinajstić information content (AvgIpc) is 2.82. The maximum Gasteiger partial charge on any atom is 0.357 e. The minimum absolute atomic E-state index is 0.202. The van der Waals surface area contributed by atoms with E-state index >= 15 is 0 Å². The maximum atomic E-state index is 12.3. The summed E-state index contributed by atoms with van der Waals surface area (Å²) in [5.41, 5.74) is 1.58. The number of ether oxygens (including phenoxy) is 1. The number of carbonyl (C=O) groups is 2. The largest absolute Gasteiger partial charge is 0.461 e. The summed E-state index contributed by atoms with van der Waals surface area (Å²) in [5.74, 6) is -0.733. The number of esters is 1. The van der Waals surface area contributed by atoms with Crippen molar-refractivity contribution >= 4 is 11.9 Å². The smallest absolute Gasteiger partial charge is 0.357 e. The zero-order chi connectivity index (χ0) is 14.5. The molecule has 1 aromatic heterocycles. The van der Waals surface area contributed by atoms with Crippen LogP contribution in [-0.2, 0) is 11.2 Å². The number of benzene rings is 1. The molecule has 0 unspecified atom stereocenters. The summed E-state index contributed by atoms with van der Waals surface area (Å²) in [6, 6.07) is 9.36. The van der Waals surface area contributed by atoms with Crippen molar-refractivity contribution in [2.45, 2.75) is 20.3 Å². The van der Waals surface area contributed by atoms with E-state index in [1.54, 1.807) is 13.8 Å². The van der Waals surface area contributed by atoms with Crippen LogP contribution < -0.4 is 0 Å². The highest BCUT2D eigenvalue weighted by atomic mass is 16.5. The molecule has 0 bridgehead atoms. The molecule has 104 valence electrons. The van der Waals surface area contributed by atoms with E-state index in [0.29, 0.717) is 5.69 Å². The van der Waals surface area contributed by atoms with Crippen molar-refractivity contribution in [3.05, 3.63) is 53.6 Å². The topological polar surface area (TPSA) is 61.2 Å². The van der Waals surface area contributed by atoms with Gasteiger partial charge >= 0.3 is 5.97 Å². The number of aromatic nitrogens is 2. The molecule has 0 aliphatic carbocycles. The van der Waals surface area contributed by atoms with Crippen LogP contribution >= 0.6 is 0 Å². The zero-order valence-electron chi connectivity index (χ0n) is 11.5. The Labute approximate surface area is 117 Å². The van der Waals surface area contributed by atoms with Gasteiger partial charge in [-0.1, -0.05) is 30.3 Å². The second-order valence-electron chi connectivity index (χ2n) is 4.33. The Balaban J connectivity index is 2.25. The third-order valence-electron chi connectivity index (χ3n) is 2.89. The van der Waals surface area contributed by atoms with Crippen LogP contribution in [0.25, 0.3) is 0 Å². The molecule has 5 heteroatoms. The number of hydrogen-bond donors (Lipinski definition) is 0. The molecule has 0 N–H and O–H groups in total. The molecule has 0 aliphatic rings. The van der Waals surface area contributed by atoms with Crippen LogP contribution in [-0.4, -0.2) is 28.0 Å². The van der Waals surface area contributed by atoms with Crippen LogP contribution in [0, 0.1) is 6.92 Å². The van der Waals surface area contributed by atoms with Crippen molar-refractivity contribution in [2.75, 3.05) is 6.61 Å². The van der Waals surface area contributed by atoms with E-state index in [1.807, 2.05) is 30.3 Å². The number of imidazole rings is 1. The lowest BCUT2D eigenvalue weighted by Gasteiger charge is -2.07. The van der Waals surface area contributed by atoms with Crippen molar-refractivity contribution < 1.29 is 14.3 Å². The molecule has 2 rings (SSSR count). The molecule has 0 fully saturated rings. The highest BCUT2D eigenvalue weighted by molar-refractivity contribution is 5.94. The quantitative estimate of drug-likeness (QED) is 0.801. The standard InChI is InChI=1S/C15H16N2O3/c1-3-20-15(19)14-11(2)16-10-17(14)13(18)9-12-7-5-4-6-8-12/h4-8,10H,3,9H2,1-2H3. The first-order valence-electron chi connectivity index (χ1n) is 6.41. The summed E-state index contributed by atoms with van der Waals surface area (Å²) < 4.78 is 6.22. The highest BCUT2D eigenvalue weighted by Crippen LogP contribution is 2.10. The lowest BCUT2D eigenvalue weighted by molar-refractivity contribution is 0.0507. The van der Waals surface area contributed by atoms with E-state index in [1.165, 1.54) is 10.9 Å². The summed E-state index contributed by atoms with van der Waals surface area (Å²) >= 11 is 0. The average molecular weight is 272 g/mol. The Morgan fingerprint density at radius 2 is 1.95 bits per heavy atom. The van der Waals surface area contributed by atoms with Gasteiger partial charge in [-0.3, -0.25) is 9.36 Å². The molecule has 20 heavy (non-hydrogen) atoms. The van der Waals surface area contributed by atoms with Crippen LogP contribution in [0.2, 0.25) is 0 Å². The van der Waals surface area contributed by atoms with Gasteiger partial charge in [0.15, 0.2) is 5.69 Å². The van der Waals surface area contributed by atoms with Gasteiger partial charge in [-0.15, -0.1) is 0 Å². The fourth-order valence-corrected chi connectivity index (χ4v) is 1.93. The Kier molecular flexibility index (Phi) is 4.30. The Morgan fingerprint density at radius 1 is 1.25 bits per heavy atom. The monoisotopic (exact) mass is 272 g/mol. The second-order valence-corrected chi connectivity index (χ2v) is 4.33. The maximum absolute atomic E-state index is 12.3. The first-order valence-corrected chi connectivity index (χ1v) is 6.41. The van der Waals surface area contributed by atoms with Crippen molar-refractivity contribution in [3.63, 3.8) is 0 Å². The van der Waals surface area contributed by atoms with Gasteiger partial charge in [-0.25, -0.2) is 9.78 Å². The molecule has 1 aromatic carbocycles. The molecule has 2 aromatic rings. The molecule has 0 aliphatic heterocycles. The highest BCUT2D eigenvalue weighted by Gasteiger charge is 2.21. The van der Waals surface area contributed by atoms with Gasteiger partial charge in [0.1, 0.15) is 6.33 Å². The molecule has 0 saturated carbocycles. The molecule has 0 spiro atoms.